The van der Waals surface area contributed by atoms with Crippen LogP contribution < -0.4 is 0 Å². The lowest BCUT2D eigenvalue weighted by atomic mass is 10.6. The molecule has 1 aromatic heterocycles. The van der Waals surface area contributed by atoms with Crippen molar-refractivity contribution in [1.82, 2.24) is 4.98 Å². The summed E-state index contributed by atoms with van der Waals surface area (Å²) >= 11 is 3.80. The molecule has 0 aliphatic carbocycles. The van der Waals surface area contributed by atoms with Gasteiger partial charge in [-0.2, -0.15) is 8.42 Å². The highest BCUT2D eigenvalue weighted by Gasteiger charge is 2.20. The molecule has 0 aliphatic rings. The van der Waals surface area contributed by atoms with Gasteiger partial charge in [0.1, 0.15) is 4.38 Å². The number of thiazole rings is 1. The first-order valence-electron chi connectivity index (χ1n) is 4.27. The molecule has 0 saturated carbocycles. The normalized spacial score (nSPS) is 11.5. The molecule has 0 spiro atoms. The van der Waals surface area contributed by atoms with Crippen molar-refractivity contribution in [1.29, 1.82) is 0 Å². The minimum Gasteiger partial charge on any atom is -0.245 e. The maximum Gasteiger partial charge on any atom is 0.295 e. The number of hydrogen-bond donors (Lipinski definition) is 0. The lowest BCUT2D eigenvalue weighted by molar-refractivity contribution is 0.599. The maximum atomic E-state index is 12.0. The first-order valence-corrected chi connectivity index (χ1v) is 8.98. The Labute approximate surface area is 108 Å². The zero-order chi connectivity index (χ0) is 12.3. The van der Waals surface area contributed by atoms with Crippen molar-refractivity contribution >= 4 is 49.3 Å². The highest BCUT2D eigenvalue weighted by molar-refractivity contribution is 8.38. The van der Waals surface area contributed by atoms with Crippen LogP contribution in [0, 0.1) is 13.8 Å². The Bertz CT molecular complexity index is 498. The quantitative estimate of drug-likeness (QED) is 0.620. The summed E-state index contributed by atoms with van der Waals surface area (Å²) in [6, 6.07) is 0. The van der Waals surface area contributed by atoms with Gasteiger partial charge in [-0.15, -0.1) is 39.3 Å². The number of thioether (sulfide) groups is 2. The number of sulfonamides is 1. The van der Waals surface area contributed by atoms with Crippen molar-refractivity contribution in [2.24, 2.45) is 4.40 Å². The fourth-order valence-corrected chi connectivity index (χ4v) is 5.14. The van der Waals surface area contributed by atoms with Crippen LogP contribution in [0.3, 0.4) is 0 Å². The third kappa shape index (κ3) is 3.22. The second kappa shape index (κ2) is 5.52. The molecule has 0 aliphatic heterocycles. The molecule has 0 aromatic carbocycles. The van der Waals surface area contributed by atoms with Gasteiger partial charge in [0.2, 0.25) is 0 Å². The van der Waals surface area contributed by atoms with E-state index in [-0.39, 0.29) is 4.21 Å². The Balaban J connectivity index is 3.22. The highest BCUT2D eigenvalue weighted by atomic mass is 32.2. The lowest BCUT2D eigenvalue weighted by Crippen LogP contribution is -1.99. The summed E-state index contributed by atoms with van der Waals surface area (Å²) in [4.78, 5) is 4.09. The number of aryl methyl sites for hydroxylation is 2. The second-order valence-electron chi connectivity index (χ2n) is 2.85. The van der Waals surface area contributed by atoms with Gasteiger partial charge >= 0.3 is 0 Å². The predicted octanol–water partition coefficient (Wildman–Crippen LogP) is 2.53. The summed E-state index contributed by atoms with van der Waals surface area (Å²) in [7, 11) is -3.59. The molecule has 0 bridgehead atoms. The average Bonchev–Trinajstić information content (AvgIpc) is 2.55. The topological polar surface area (TPSA) is 59.4 Å². The largest absolute Gasteiger partial charge is 0.295 e. The van der Waals surface area contributed by atoms with Crippen LogP contribution in [0.4, 0.5) is 0 Å². The van der Waals surface area contributed by atoms with Gasteiger partial charge in [0, 0.05) is 0 Å². The van der Waals surface area contributed by atoms with E-state index in [0.29, 0.717) is 10.1 Å². The molecule has 8 heteroatoms. The molecule has 1 aromatic rings. The van der Waals surface area contributed by atoms with E-state index in [1.54, 1.807) is 26.4 Å². The van der Waals surface area contributed by atoms with Crippen LogP contribution in [0.25, 0.3) is 0 Å². The molecule has 16 heavy (non-hydrogen) atoms. The van der Waals surface area contributed by atoms with Gasteiger partial charge in [0.15, 0.2) is 4.21 Å². The smallest absolute Gasteiger partial charge is 0.245 e. The SMILES string of the molecule is CSC(=NS(=O)(=O)c1sc(C)nc1C)SC. The van der Waals surface area contributed by atoms with E-state index in [2.05, 4.69) is 9.38 Å². The summed E-state index contributed by atoms with van der Waals surface area (Å²) in [6.07, 6.45) is 3.60. The van der Waals surface area contributed by atoms with Crippen LogP contribution in [-0.2, 0) is 10.0 Å². The van der Waals surface area contributed by atoms with Gasteiger partial charge in [-0.1, -0.05) is 0 Å². The van der Waals surface area contributed by atoms with Crippen LogP contribution in [0.1, 0.15) is 10.7 Å². The summed E-state index contributed by atoms with van der Waals surface area (Å²) in [6.45, 7) is 3.47. The Kier molecular flexibility index (Phi) is 4.84. The Morgan fingerprint density at radius 1 is 1.31 bits per heavy atom. The zero-order valence-electron chi connectivity index (χ0n) is 9.34. The monoisotopic (exact) mass is 296 g/mol. The van der Waals surface area contributed by atoms with Crippen molar-refractivity contribution in [3.05, 3.63) is 10.7 Å². The van der Waals surface area contributed by atoms with Gasteiger partial charge < -0.3 is 0 Å². The molecule has 0 saturated heterocycles. The van der Waals surface area contributed by atoms with E-state index < -0.39 is 10.0 Å². The van der Waals surface area contributed by atoms with Crippen LogP contribution in [-0.4, -0.2) is 30.3 Å². The van der Waals surface area contributed by atoms with Crippen molar-refractivity contribution in [3.63, 3.8) is 0 Å². The molecule has 0 radical (unpaired) electrons. The summed E-state index contributed by atoms with van der Waals surface area (Å²) in [5.74, 6) is 0. The van der Waals surface area contributed by atoms with Crippen LogP contribution in [0.5, 0.6) is 0 Å². The molecule has 1 heterocycles. The highest BCUT2D eigenvalue weighted by Crippen LogP contribution is 2.26. The molecule has 1 rings (SSSR count). The van der Waals surface area contributed by atoms with Crippen LogP contribution in [0.2, 0.25) is 0 Å². The summed E-state index contributed by atoms with van der Waals surface area (Å²) < 4.78 is 28.5. The van der Waals surface area contributed by atoms with Gasteiger partial charge in [0.25, 0.3) is 10.0 Å². The standard InChI is InChI=1S/C8H12N2O2S4/c1-5-7(15-6(2)9-5)16(11,12)10-8(13-3)14-4/h1-4H3. The minimum absolute atomic E-state index is 0.241. The van der Waals surface area contributed by atoms with E-state index in [4.69, 9.17) is 0 Å². The molecule has 0 atom stereocenters. The summed E-state index contributed by atoms with van der Waals surface area (Å²) in [5, 5.41) is 0.737. The average molecular weight is 296 g/mol. The van der Waals surface area contributed by atoms with Crippen molar-refractivity contribution < 1.29 is 8.42 Å². The van der Waals surface area contributed by atoms with Crippen molar-refractivity contribution in [3.8, 4) is 0 Å². The molecule has 0 fully saturated rings. The summed E-state index contributed by atoms with van der Waals surface area (Å²) in [5.41, 5.74) is 0.521. The van der Waals surface area contributed by atoms with Crippen molar-refractivity contribution in [2.45, 2.75) is 18.1 Å². The number of rotatable bonds is 2. The van der Waals surface area contributed by atoms with E-state index in [1.807, 2.05) is 0 Å². The van der Waals surface area contributed by atoms with Gasteiger partial charge in [0.05, 0.1) is 10.7 Å². The fourth-order valence-electron chi connectivity index (χ4n) is 1.05. The molecule has 0 amide bonds. The van der Waals surface area contributed by atoms with E-state index >= 15 is 0 Å². The van der Waals surface area contributed by atoms with Gasteiger partial charge in [-0.05, 0) is 26.4 Å². The van der Waals surface area contributed by atoms with Crippen molar-refractivity contribution in [2.75, 3.05) is 12.5 Å². The maximum absolute atomic E-state index is 12.0. The third-order valence-electron chi connectivity index (χ3n) is 1.64. The van der Waals surface area contributed by atoms with E-state index in [1.165, 1.54) is 23.5 Å². The molecule has 90 valence electrons. The van der Waals surface area contributed by atoms with Crippen LogP contribution in [0.15, 0.2) is 8.61 Å². The second-order valence-corrected chi connectivity index (χ2v) is 7.70. The van der Waals surface area contributed by atoms with Gasteiger partial charge in [-0.25, -0.2) is 4.98 Å². The van der Waals surface area contributed by atoms with E-state index in [0.717, 1.165) is 16.3 Å². The minimum atomic E-state index is -3.59. The first-order chi connectivity index (χ1) is 7.40. The van der Waals surface area contributed by atoms with Gasteiger partial charge in [-0.3, -0.25) is 0 Å². The number of hydrogen-bond acceptors (Lipinski definition) is 6. The fraction of sp³-hybridized carbons (Fsp3) is 0.500. The Morgan fingerprint density at radius 3 is 2.25 bits per heavy atom. The predicted molar refractivity (Wildman–Crippen MR) is 73.2 cm³/mol. The Morgan fingerprint density at radius 2 is 1.88 bits per heavy atom. The van der Waals surface area contributed by atoms with Crippen LogP contribution >= 0.6 is 34.9 Å². The molecule has 0 unspecified atom stereocenters. The lowest BCUT2D eigenvalue weighted by Gasteiger charge is -1.99. The number of nitrogens with zero attached hydrogens (tertiary/aromatic N) is 2. The van der Waals surface area contributed by atoms with E-state index in [9.17, 15) is 8.42 Å². The third-order valence-corrected chi connectivity index (χ3v) is 6.69. The number of aromatic nitrogens is 1. The molecular weight excluding hydrogens is 284 g/mol. The molecule has 4 nitrogen and oxygen atoms in total. The zero-order valence-corrected chi connectivity index (χ0v) is 12.6. The Hall–Kier alpha value is -0.0500. The molecular formula is C8H12N2O2S4. The first kappa shape index (κ1) is 14.0. The molecule has 0 N–H and O–H groups in total.